The highest BCUT2D eigenvalue weighted by molar-refractivity contribution is 6.52. The minimum absolute atomic E-state index is 0.106. The zero-order valence-corrected chi connectivity index (χ0v) is 18.7. The molecule has 0 spiro atoms. The topological polar surface area (TPSA) is 89.0 Å². The summed E-state index contributed by atoms with van der Waals surface area (Å²) in [7, 11) is 1.54. The van der Waals surface area contributed by atoms with Gasteiger partial charge in [0, 0.05) is 17.4 Å². The normalized spacial score (nSPS) is 17.3. The van der Waals surface area contributed by atoms with Crippen molar-refractivity contribution in [3.8, 4) is 11.5 Å². The molecule has 168 valence electrons. The molecule has 1 unspecified atom stereocenters. The molecule has 1 N–H and O–H groups in total. The van der Waals surface area contributed by atoms with Gasteiger partial charge in [0.2, 0.25) is 0 Å². The lowest BCUT2D eigenvalue weighted by Gasteiger charge is -2.24. The van der Waals surface area contributed by atoms with Crippen molar-refractivity contribution in [2.75, 3.05) is 18.6 Å². The molecule has 0 bridgehead atoms. The molecular formula is C25H21ClN2O5. The van der Waals surface area contributed by atoms with Crippen LogP contribution in [0.1, 0.15) is 24.2 Å². The van der Waals surface area contributed by atoms with Crippen LogP contribution in [0.5, 0.6) is 11.5 Å². The van der Waals surface area contributed by atoms with Gasteiger partial charge in [-0.25, -0.2) is 0 Å². The molecule has 4 rings (SSSR count). The summed E-state index contributed by atoms with van der Waals surface area (Å²) in [6.45, 7) is 2.24. The number of rotatable bonds is 6. The third-order valence-electron chi connectivity index (χ3n) is 5.27. The highest BCUT2D eigenvalue weighted by Crippen LogP contribution is 2.43. The van der Waals surface area contributed by atoms with Crippen LogP contribution in [0.15, 0.2) is 72.4 Å². The van der Waals surface area contributed by atoms with E-state index in [1.165, 1.54) is 18.1 Å². The molecular weight excluding hydrogens is 444 g/mol. The Labute approximate surface area is 195 Å². The summed E-state index contributed by atoms with van der Waals surface area (Å²) >= 11 is 6.35. The number of ketones is 1. The molecule has 7 nitrogen and oxygen atoms in total. The maximum atomic E-state index is 13.2. The number of anilines is 1. The number of Topliss-reactive ketones (excluding diaryl/α,β-unsaturated/α-hetero) is 1. The number of aliphatic hydroxyl groups is 1. The van der Waals surface area contributed by atoms with Crippen molar-refractivity contribution < 1.29 is 24.2 Å². The smallest absolute Gasteiger partial charge is 0.300 e. The predicted octanol–water partition coefficient (Wildman–Crippen LogP) is 4.77. The number of amides is 1. The van der Waals surface area contributed by atoms with Gasteiger partial charge in [0.1, 0.15) is 23.3 Å². The van der Waals surface area contributed by atoms with Gasteiger partial charge in [0.15, 0.2) is 0 Å². The molecule has 1 fully saturated rings. The quantitative estimate of drug-likeness (QED) is 0.321. The number of halogens is 1. The van der Waals surface area contributed by atoms with Crippen LogP contribution in [0.2, 0.25) is 5.02 Å². The lowest BCUT2D eigenvalue weighted by molar-refractivity contribution is -0.132. The zero-order valence-electron chi connectivity index (χ0n) is 18.0. The van der Waals surface area contributed by atoms with Crippen molar-refractivity contribution in [2.24, 2.45) is 0 Å². The standard InChI is InChI=1S/C25H21ClN2O5/c1-3-33-17-11-12-19(26)18(14-17)23(29)21-22(20-6-4-5-13-27-20)28(25(31)24(21)30)15-7-9-16(32-2)10-8-15/h4-14,22,29H,3H2,1-2H3/b23-21+. The lowest BCUT2D eigenvalue weighted by Crippen LogP contribution is -2.29. The van der Waals surface area contributed by atoms with Crippen LogP contribution in [-0.4, -0.2) is 35.5 Å². The Morgan fingerprint density at radius 2 is 1.82 bits per heavy atom. The number of carbonyl (C=O) groups is 2. The van der Waals surface area contributed by atoms with Gasteiger partial charge in [-0.1, -0.05) is 17.7 Å². The maximum Gasteiger partial charge on any atom is 0.300 e. The first kappa shape index (κ1) is 22.4. The van der Waals surface area contributed by atoms with E-state index in [9.17, 15) is 14.7 Å². The Morgan fingerprint density at radius 1 is 1.09 bits per heavy atom. The second-order valence-corrected chi connectivity index (χ2v) is 7.60. The van der Waals surface area contributed by atoms with E-state index in [2.05, 4.69) is 4.98 Å². The van der Waals surface area contributed by atoms with Gasteiger partial charge in [-0.15, -0.1) is 0 Å². The summed E-state index contributed by atoms with van der Waals surface area (Å²) in [6.07, 6.45) is 1.56. The van der Waals surface area contributed by atoms with E-state index >= 15 is 0 Å². The molecule has 3 aromatic rings. The van der Waals surface area contributed by atoms with Gasteiger partial charge in [-0.3, -0.25) is 19.5 Å². The third kappa shape index (κ3) is 4.15. The minimum atomic E-state index is -0.952. The van der Waals surface area contributed by atoms with Crippen LogP contribution in [0.3, 0.4) is 0 Å². The van der Waals surface area contributed by atoms with Crippen molar-refractivity contribution >= 4 is 34.7 Å². The number of aliphatic hydroxyl groups excluding tert-OH is 1. The second-order valence-electron chi connectivity index (χ2n) is 7.20. The Kier molecular flexibility index (Phi) is 6.33. The van der Waals surface area contributed by atoms with E-state index in [0.29, 0.717) is 29.5 Å². The summed E-state index contributed by atoms with van der Waals surface area (Å²) < 4.78 is 10.7. The summed E-state index contributed by atoms with van der Waals surface area (Å²) in [5, 5.41) is 11.5. The molecule has 0 radical (unpaired) electrons. The highest BCUT2D eigenvalue weighted by atomic mass is 35.5. The SMILES string of the molecule is CCOc1ccc(Cl)c(/C(O)=C2\C(=O)C(=O)N(c3ccc(OC)cc3)C2c2ccccn2)c1. The molecule has 1 aliphatic heterocycles. The van der Waals surface area contributed by atoms with Crippen molar-refractivity contribution in [3.05, 3.63) is 88.7 Å². The fraction of sp³-hybridized carbons (Fsp3) is 0.160. The molecule has 2 aromatic carbocycles. The second kappa shape index (κ2) is 9.34. The minimum Gasteiger partial charge on any atom is -0.507 e. The largest absolute Gasteiger partial charge is 0.507 e. The first-order valence-electron chi connectivity index (χ1n) is 10.2. The monoisotopic (exact) mass is 464 g/mol. The van der Waals surface area contributed by atoms with Crippen LogP contribution in [0, 0.1) is 0 Å². The van der Waals surface area contributed by atoms with Crippen LogP contribution >= 0.6 is 11.6 Å². The Morgan fingerprint density at radius 3 is 2.45 bits per heavy atom. The summed E-state index contributed by atoms with van der Waals surface area (Å²) in [4.78, 5) is 32.0. The van der Waals surface area contributed by atoms with E-state index in [-0.39, 0.29) is 16.2 Å². The van der Waals surface area contributed by atoms with E-state index in [0.717, 1.165) is 0 Å². The van der Waals surface area contributed by atoms with Gasteiger partial charge >= 0.3 is 0 Å². The van der Waals surface area contributed by atoms with Crippen LogP contribution in [0.4, 0.5) is 5.69 Å². The number of methoxy groups -OCH3 is 1. The summed E-state index contributed by atoms with van der Waals surface area (Å²) in [5.74, 6) is -0.940. The number of ether oxygens (including phenoxy) is 2. The van der Waals surface area contributed by atoms with Crippen LogP contribution < -0.4 is 14.4 Å². The fourth-order valence-corrected chi connectivity index (χ4v) is 3.95. The molecule has 0 saturated carbocycles. The fourth-order valence-electron chi connectivity index (χ4n) is 3.75. The Bertz CT molecular complexity index is 1230. The number of aromatic nitrogens is 1. The number of hydrogen-bond acceptors (Lipinski definition) is 6. The van der Waals surface area contributed by atoms with Crippen LogP contribution in [0.25, 0.3) is 5.76 Å². The molecule has 0 aliphatic carbocycles. The van der Waals surface area contributed by atoms with Crippen molar-refractivity contribution in [3.63, 3.8) is 0 Å². The van der Waals surface area contributed by atoms with Gasteiger partial charge in [0.25, 0.3) is 11.7 Å². The Balaban J connectivity index is 1.92. The van der Waals surface area contributed by atoms with E-state index in [4.69, 9.17) is 21.1 Å². The highest BCUT2D eigenvalue weighted by Gasteiger charge is 2.47. The number of benzene rings is 2. The number of nitrogens with zero attached hydrogens (tertiary/aromatic N) is 2. The van der Waals surface area contributed by atoms with Gasteiger partial charge in [-0.2, -0.15) is 0 Å². The Hall–Kier alpha value is -3.84. The third-order valence-corrected chi connectivity index (χ3v) is 5.60. The molecule has 8 heteroatoms. The average molecular weight is 465 g/mol. The molecule has 2 heterocycles. The first-order chi connectivity index (χ1) is 16.0. The number of pyridine rings is 1. The molecule has 1 aromatic heterocycles. The first-order valence-corrected chi connectivity index (χ1v) is 10.6. The van der Waals surface area contributed by atoms with Gasteiger partial charge < -0.3 is 14.6 Å². The molecule has 1 atom stereocenters. The molecule has 33 heavy (non-hydrogen) atoms. The van der Waals surface area contributed by atoms with Crippen LogP contribution in [-0.2, 0) is 9.59 Å². The molecule has 1 amide bonds. The summed E-state index contributed by atoms with van der Waals surface area (Å²) in [5.41, 5.74) is 0.967. The van der Waals surface area contributed by atoms with E-state index in [1.54, 1.807) is 60.8 Å². The van der Waals surface area contributed by atoms with Crippen molar-refractivity contribution in [2.45, 2.75) is 13.0 Å². The molecule has 1 saturated heterocycles. The zero-order chi connectivity index (χ0) is 23.5. The van der Waals surface area contributed by atoms with Crippen molar-refractivity contribution in [1.82, 2.24) is 4.98 Å². The maximum absolute atomic E-state index is 13.2. The number of carbonyl (C=O) groups excluding carboxylic acids is 2. The number of hydrogen-bond donors (Lipinski definition) is 1. The summed E-state index contributed by atoms with van der Waals surface area (Å²) in [6, 6.07) is 15.7. The average Bonchev–Trinajstić information content (AvgIpc) is 3.11. The van der Waals surface area contributed by atoms with E-state index < -0.39 is 23.5 Å². The lowest BCUT2D eigenvalue weighted by atomic mass is 9.98. The van der Waals surface area contributed by atoms with Crippen molar-refractivity contribution in [1.29, 1.82) is 0 Å². The van der Waals surface area contributed by atoms with E-state index in [1.807, 2.05) is 6.92 Å². The van der Waals surface area contributed by atoms with Gasteiger partial charge in [-0.05, 0) is 61.5 Å². The molecule has 1 aliphatic rings. The predicted molar refractivity (Wildman–Crippen MR) is 125 cm³/mol. The van der Waals surface area contributed by atoms with Gasteiger partial charge in [0.05, 0.1) is 30.0 Å².